The summed E-state index contributed by atoms with van der Waals surface area (Å²) in [7, 11) is 0. The third-order valence-electron chi connectivity index (χ3n) is 6.02. The van der Waals surface area contributed by atoms with Gasteiger partial charge in [-0.1, -0.05) is 66.2 Å². The maximum atomic E-state index is 6.13. The molecule has 3 aromatic heterocycles. The van der Waals surface area contributed by atoms with Gasteiger partial charge in [-0.3, -0.25) is 0 Å². The fourth-order valence-corrected chi connectivity index (χ4v) is 4.50. The summed E-state index contributed by atoms with van der Waals surface area (Å²) in [6, 6.07) is 26.8. The van der Waals surface area contributed by atoms with E-state index in [1.165, 1.54) is 10.9 Å². The summed E-state index contributed by atoms with van der Waals surface area (Å²) in [4.78, 5) is 4.72. The second-order valence-electron chi connectivity index (χ2n) is 8.48. The maximum absolute atomic E-state index is 6.13. The van der Waals surface area contributed by atoms with E-state index >= 15 is 0 Å². The fraction of sp³-hybridized carbons (Fsp3) is 0.0345. The Morgan fingerprint density at radius 2 is 1.75 bits per heavy atom. The van der Waals surface area contributed by atoms with Gasteiger partial charge in [-0.15, -0.1) is 10.2 Å². The SMILES string of the molecule is Clc1ccc2ccc(/C=C/c3cccc(Cn4ccc5cccc(/C=C/c6nn[nH]n6)c54)c3)nc2c1. The first kappa shape index (κ1) is 21.9. The van der Waals surface area contributed by atoms with E-state index in [1.54, 1.807) is 0 Å². The monoisotopic (exact) mass is 488 g/mol. The number of nitrogens with zero attached hydrogens (tertiary/aromatic N) is 5. The number of rotatable bonds is 6. The minimum Gasteiger partial charge on any atom is -0.343 e. The molecule has 174 valence electrons. The van der Waals surface area contributed by atoms with E-state index in [-0.39, 0.29) is 0 Å². The van der Waals surface area contributed by atoms with Crippen molar-refractivity contribution in [1.29, 1.82) is 0 Å². The predicted octanol–water partition coefficient (Wildman–Crippen LogP) is 6.75. The van der Waals surface area contributed by atoms with Crippen molar-refractivity contribution in [3.05, 3.63) is 118 Å². The van der Waals surface area contributed by atoms with E-state index in [0.717, 1.165) is 39.8 Å². The van der Waals surface area contributed by atoms with Crippen LogP contribution in [-0.2, 0) is 6.54 Å². The first-order chi connectivity index (χ1) is 17.7. The van der Waals surface area contributed by atoms with Crippen LogP contribution in [0.1, 0.15) is 28.2 Å². The fourth-order valence-electron chi connectivity index (χ4n) is 4.33. The number of hydrogen-bond acceptors (Lipinski definition) is 4. The Balaban J connectivity index is 1.26. The molecule has 36 heavy (non-hydrogen) atoms. The molecule has 1 N–H and O–H groups in total. The van der Waals surface area contributed by atoms with E-state index in [2.05, 4.69) is 92.1 Å². The van der Waals surface area contributed by atoms with Gasteiger partial charge in [0, 0.05) is 28.5 Å². The highest BCUT2D eigenvalue weighted by Gasteiger charge is 2.06. The van der Waals surface area contributed by atoms with Crippen LogP contribution in [0.5, 0.6) is 0 Å². The van der Waals surface area contributed by atoms with Crippen LogP contribution >= 0.6 is 11.6 Å². The molecule has 0 bridgehead atoms. The highest BCUT2D eigenvalue weighted by molar-refractivity contribution is 6.31. The molecule has 0 amide bonds. The third kappa shape index (κ3) is 4.67. The summed E-state index contributed by atoms with van der Waals surface area (Å²) in [5, 5.41) is 17.0. The summed E-state index contributed by atoms with van der Waals surface area (Å²) in [5.74, 6) is 0.550. The van der Waals surface area contributed by atoms with Gasteiger partial charge in [0.15, 0.2) is 5.82 Å². The number of hydrogen-bond donors (Lipinski definition) is 1. The van der Waals surface area contributed by atoms with Crippen LogP contribution in [0.25, 0.3) is 46.1 Å². The zero-order valence-electron chi connectivity index (χ0n) is 19.2. The van der Waals surface area contributed by atoms with Gasteiger partial charge in [0.1, 0.15) is 0 Å². The predicted molar refractivity (Wildman–Crippen MR) is 146 cm³/mol. The molecule has 3 aromatic carbocycles. The normalized spacial score (nSPS) is 11.9. The van der Waals surface area contributed by atoms with E-state index in [0.29, 0.717) is 10.8 Å². The van der Waals surface area contributed by atoms with Crippen LogP contribution in [-0.4, -0.2) is 30.2 Å². The number of fused-ring (bicyclic) bond motifs is 2. The Hall–Kier alpha value is -4.55. The van der Waals surface area contributed by atoms with Crippen molar-refractivity contribution in [2.75, 3.05) is 0 Å². The molecule has 0 fully saturated rings. The first-order valence-corrected chi connectivity index (χ1v) is 11.9. The zero-order valence-corrected chi connectivity index (χ0v) is 20.0. The lowest BCUT2D eigenvalue weighted by Crippen LogP contribution is -1.99. The summed E-state index contributed by atoms with van der Waals surface area (Å²) >= 11 is 6.13. The molecule has 7 heteroatoms. The number of benzene rings is 3. The highest BCUT2D eigenvalue weighted by atomic mass is 35.5. The second kappa shape index (κ2) is 9.60. The average molecular weight is 489 g/mol. The molecule has 0 aliphatic rings. The van der Waals surface area contributed by atoms with Crippen LogP contribution in [0.15, 0.2) is 85.1 Å². The van der Waals surface area contributed by atoms with Crippen molar-refractivity contribution in [3.8, 4) is 0 Å². The molecule has 6 rings (SSSR count). The third-order valence-corrected chi connectivity index (χ3v) is 6.25. The Morgan fingerprint density at radius 1 is 0.833 bits per heavy atom. The minimum absolute atomic E-state index is 0.550. The van der Waals surface area contributed by atoms with Gasteiger partial charge in [-0.05, 0) is 70.5 Å². The Morgan fingerprint density at radius 3 is 2.67 bits per heavy atom. The molecule has 3 heterocycles. The van der Waals surface area contributed by atoms with Crippen molar-refractivity contribution in [3.63, 3.8) is 0 Å². The van der Waals surface area contributed by atoms with Gasteiger partial charge in [-0.25, -0.2) is 4.98 Å². The topological polar surface area (TPSA) is 72.3 Å². The number of para-hydroxylation sites is 1. The molecule has 0 saturated carbocycles. The molecule has 0 aliphatic carbocycles. The van der Waals surface area contributed by atoms with Crippen LogP contribution in [0.2, 0.25) is 5.02 Å². The molecule has 6 aromatic rings. The number of aromatic nitrogens is 6. The molecule has 0 aliphatic heterocycles. The average Bonchev–Trinajstić information content (AvgIpc) is 3.57. The molecule has 0 spiro atoms. The van der Waals surface area contributed by atoms with Gasteiger partial charge in [-0.2, -0.15) is 5.21 Å². The van der Waals surface area contributed by atoms with Gasteiger partial charge in [0.2, 0.25) is 0 Å². The number of aromatic amines is 1. The van der Waals surface area contributed by atoms with Crippen molar-refractivity contribution in [1.82, 2.24) is 30.2 Å². The lowest BCUT2D eigenvalue weighted by Gasteiger charge is -2.09. The van der Waals surface area contributed by atoms with Crippen molar-refractivity contribution in [2.24, 2.45) is 0 Å². The van der Waals surface area contributed by atoms with Crippen molar-refractivity contribution < 1.29 is 0 Å². The van der Waals surface area contributed by atoms with Crippen molar-refractivity contribution in [2.45, 2.75) is 6.54 Å². The minimum atomic E-state index is 0.550. The standard InChI is InChI=1S/C29H21ClN6/c30-25-11-8-22-9-13-26(31-27(22)18-25)12-7-20-3-1-4-21(17-20)19-36-16-15-24-6-2-5-23(29(24)36)10-14-28-32-34-35-33-28/h1-18H,19H2,(H,32,33,34,35)/b12-7+,14-10+. The summed E-state index contributed by atoms with van der Waals surface area (Å²) in [6.07, 6.45) is 10.1. The van der Waals surface area contributed by atoms with E-state index in [9.17, 15) is 0 Å². The molecule has 0 saturated heterocycles. The summed E-state index contributed by atoms with van der Waals surface area (Å²) < 4.78 is 2.27. The van der Waals surface area contributed by atoms with E-state index < -0.39 is 0 Å². The second-order valence-corrected chi connectivity index (χ2v) is 8.92. The Labute approximate surface area is 212 Å². The highest BCUT2D eigenvalue weighted by Crippen LogP contribution is 2.24. The Bertz CT molecular complexity index is 1730. The van der Waals surface area contributed by atoms with E-state index in [1.807, 2.05) is 42.5 Å². The number of tetrazole rings is 1. The van der Waals surface area contributed by atoms with Gasteiger partial charge < -0.3 is 4.57 Å². The maximum Gasteiger partial charge on any atom is 0.197 e. The summed E-state index contributed by atoms with van der Waals surface area (Å²) in [5.41, 5.74) is 6.38. The number of pyridine rings is 1. The molecular formula is C29H21ClN6. The quantitative estimate of drug-likeness (QED) is 0.281. The largest absolute Gasteiger partial charge is 0.343 e. The van der Waals surface area contributed by atoms with Gasteiger partial charge in [0.25, 0.3) is 0 Å². The van der Waals surface area contributed by atoms with Crippen LogP contribution in [0.3, 0.4) is 0 Å². The molecule has 0 atom stereocenters. The molecular weight excluding hydrogens is 468 g/mol. The number of halogens is 1. The van der Waals surface area contributed by atoms with E-state index in [4.69, 9.17) is 16.6 Å². The lowest BCUT2D eigenvalue weighted by atomic mass is 10.1. The molecule has 0 unspecified atom stereocenters. The number of nitrogens with one attached hydrogen (secondary N) is 1. The molecule has 0 radical (unpaired) electrons. The van der Waals surface area contributed by atoms with Crippen LogP contribution in [0, 0.1) is 0 Å². The van der Waals surface area contributed by atoms with Gasteiger partial charge >= 0.3 is 0 Å². The lowest BCUT2D eigenvalue weighted by molar-refractivity contribution is 0.836. The zero-order chi connectivity index (χ0) is 24.3. The van der Waals surface area contributed by atoms with Crippen LogP contribution < -0.4 is 0 Å². The number of H-pyrrole nitrogens is 1. The summed E-state index contributed by atoms with van der Waals surface area (Å²) in [6.45, 7) is 0.755. The Kier molecular flexibility index (Phi) is 5.85. The molecule has 6 nitrogen and oxygen atoms in total. The van der Waals surface area contributed by atoms with Gasteiger partial charge in [0.05, 0.1) is 16.7 Å². The van der Waals surface area contributed by atoms with Crippen molar-refractivity contribution >= 4 is 57.7 Å². The first-order valence-electron chi connectivity index (χ1n) is 11.5. The van der Waals surface area contributed by atoms with Crippen LogP contribution in [0.4, 0.5) is 0 Å². The smallest absolute Gasteiger partial charge is 0.197 e.